The van der Waals surface area contributed by atoms with Crippen molar-refractivity contribution in [1.29, 1.82) is 0 Å². The number of fused-ring (bicyclic) bond motifs is 1. The molecule has 1 amide bonds. The summed E-state index contributed by atoms with van der Waals surface area (Å²) < 4.78 is 28.4. The number of H-pyrrole nitrogens is 1. The lowest BCUT2D eigenvalue weighted by Gasteiger charge is -2.06. The topological polar surface area (TPSA) is 74.8 Å². The number of nitrogens with one attached hydrogen (secondary N) is 2. The lowest BCUT2D eigenvalue weighted by molar-refractivity contribution is 0.0949. The summed E-state index contributed by atoms with van der Waals surface area (Å²) in [4.78, 5) is 31.9. The molecular formula is C19H15F2N3O2. The summed E-state index contributed by atoms with van der Waals surface area (Å²) in [6.07, 6.45) is 4.64. The number of carbonyl (C=O) groups is 2. The van der Waals surface area contributed by atoms with Crippen molar-refractivity contribution in [3.63, 3.8) is 0 Å². The van der Waals surface area contributed by atoms with Gasteiger partial charge in [-0.25, -0.2) is 13.8 Å². The summed E-state index contributed by atoms with van der Waals surface area (Å²) in [5.41, 5.74) is 0.293. The zero-order valence-corrected chi connectivity index (χ0v) is 13.9. The van der Waals surface area contributed by atoms with Gasteiger partial charge in [-0.15, -0.1) is 0 Å². The number of halogens is 2. The standard InChI is InChI=1S/C19H15F2N3O2/c1-9-2-5-14(20)15(16(9)21)17(25)13-8-23-18-12(13)6-10(7-22-18)19(26)24-11-3-4-11/h2,5-8,11H,3-4H2,1H3,(H,22,23)(H,24,26). The zero-order valence-electron chi connectivity index (χ0n) is 13.9. The van der Waals surface area contributed by atoms with Crippen LogP contribution in [0.25, 0.3) is 11.0 Å². The number of rotatable bonds is 4. The highest BCUT2D eigenvalue weighted by atomic mass is 19.1. The molecular weight excluding hydrogens is 340 g/mol. The van der Waals surface area contributed by atoms with Crippen LogP contribution in [-0.2, 0) is 0 Å². The molecule has 1 aromatic carbocycles. The zero-order chi connectivity index (χ0) is 18.4. The molecule has 0 spiro atoms. The van der Waals surface area contributed by atoms with Crippen LogP contribution >= 0.6 is 0 Å². The number of hydrogen-bond donors (Lipinski definition) is 2. The van der Waals surface area contributed by atoms with E-state index in [1.807, 2.05) is 0 Å². The first-order chi connectivity index (χ1) is 12.5. The third-order valence-corrected chi connectivity index (χ3v) is 4.46. The second kappa shape index (κ2) is 6.01. The minimum Gasteiger partial charge on any atom is -0.349 e. The van der Waals surface area contributed by atoms with Crippen molar-refractivity contribution in [3.05, 3.63) is 64.5 Å². The molecule has 1 fully saturated rings. The molecule has 132 valence electrons. The minimum atomic E-state index is -0.928. The third-order valence-electron chi connectivity index (χ3n) is 4.46. The van der Waals surface area contributed by atoms with Crippen LogP contribution in [0, 0.1) is 18.6 Å². The van der Waals surface area contributed by atoms with Gasteiger partial charge < -0.3 is 10.3 Å². The lowest BCUT2D eigenvalue weighted by atomic mass is 10.00. The summed E-state index contributed by atoms with van der Waals surface area (Å²) in [6, 6.07) is 4.03. The van der Waals surface area contributed by atoms with Crippen molar-refractivity contribution >= 4 is 22.7 Å². The molecule has 0 atom stereocenters. The van der Waals surface area contributed by atoms with Crippen LogP contribution in [0.5, 0.6) is 0 Å². The van der Waals surface area contributed by atoms with Crippen LogP contribution in [0.1, 0.15) is 44.7 Å². The predicted octanol–water partition coefficient (Wildman–Crippen LogP) is 3.27. The van der Waals surface area contributed by atoms with E-state index < -0.39 is 23.0 Å². The molecule has 1 aliphatic carbocycles. The van der Waals surface area contributed by atoms with Crippen LogP contribution in [0.2, 0.25) is 0 Å². The highest BCUT2D eigenvalue weighted by Gasteiger charge is 2.26. The molecule has 5 nitrogen and oxygen atoms in total. The van der Waals surface area contributed by atoms with Crippen LogP contribution in [0.3, 0.4) is 0 Å². The van der Waals surface area contributed by atoms with Crippen molar-refractivity contribution < 1.29 is 18.4 Å². The molecule has 2 N–H and O–H groups in total. The highest BCUT2D eigenvalue weighted by molar-refractivity contribution is 6.16. The Hall–Kier alpha value is -3.09. The highest BCUT2D eigenvalue weighted by Crippen LogP contribution is 2.25. The molecule has 0 bridgehead atoms. The van der Waals surface area contributed by atoms with Gasteiger partial charge in [-0.1, -0.05) is 6.07 Å². The van der Waals surface area contributed by atoms with Gasteiger partial charge in [0.05, 0.1) is 11.1 Å². The van der Waals surface area contributed by atoms with Gasteiger partial charge in [-0.3, -0.25) is 9.59 Å². The Labute approximate surface area is 147 Å². The number of benzene rings is 1. The van der Waals surface area contributed by atoms with Gasteiger partial charge in [0, 0.05) is 29.4 Å². The maximum atomic E-state index is 14.3. The molecule has 2 heterocycles. The largest absolute Gasteiger partial charge is 0.349 e. The molecule has 0 saturated heterocycles. The molecule has 0 aliphatic heterocycles. The smallest absolute Gasteiger partial charge is 0.253 e. The van der Waals surface area contributed by atoms with Gasteiger partial charge in [0.1, 0.15) is 17.3 Å². The number of pyridine rings is 1. The predicted molar refractivity (Wildman–Crippen MR) is 91.1 cm³/mol. The Balaban J connectivity index is 1.78. The number of carbonyl (C=O) groups excluding carboxylic acids is 2. The number of aryl methyl sites for hydroxylation is 1. The molecule has 3 aromatic rings. The Morgan fingerprint density at radius 2 is 2.04 bits per heavy atom. The molecule has 7 heteroatoms. The maximum Gasteiger partial charge on any atom is 0.253 e. The first-order valence-corrected chi connectivity index (χ1v) is 8.23. The van der Waals surface area contributed by atoms with Gasteiger partial charge >= 0.3 is 0 Å². The molecule has 0 radical (unpaired) electrons. The van der Waals surface area contributed by atoms with Gasteiger partial charge in [0.25, 0.3) is 5.91 Å². The number of aromatic nitrogens is 2. The van der Waals surface area contributed by atoms with E-state index >= 15 is 0 Å². The van der Waals surface area contributed by atoms with Crippen molar-refractivity contribution in [2.24, 2.45) is 0 Å². The van der Waals surface area contributed by atoms with Gasteiger partial charge in [-0.2, -0.15) is 0 Å². The van der Waals surface area contributed by atoms with Gasteiger partial charge in [0.2, 0.25) is 5.78 Å². The average molecular weight is 355 g/mol. The first kappa shape index (κ1) is 16.4. The number of hydrogen-bond acceptors (Lipinski definition) is 3. The quantitative estimate of drug-likeness (QED) is 0.706. The van der Waals surface area contributed by atoms with E-state index in [0.29, 0.717) is 16.6 Å². The monoisotopic (exact) mass is 355 g/mol. The molecule has 26 heavy (non-hydrogen) atoms. The Morgan fingerprint density at radius 3 is 2.77 bits per heavy atom. The maximum absolute atomic E-state index is 14.3. The van der Waals surface area contributed by atoms with Crippen LogP contribution in [0.15, 0.2) is 30.6 Å². The average Bonchev–Trinajstić information content (AvgIpc) is 3.33. The summed E-state index contributed by atoms with van der Waals surface area (Å²) in [5, 5.41) is 3.19. The summed E-state index contributed by atoms with van der Waals surface area (Å²) >= 11 is 0. The van der Waals surface area contributed by atoms with E-state index in [4.69, 9.17) is 0 Å². The fourth-order valence-electron chi connectivity index (χ4n) is 2.81. The number of amides is 1. The van der Waals surface area contributed by atoms with Crippen LogP contribution < -0.4 is 5.32 Å². The Bertz CT molecular complexity index is 1050. The summed E-state index contributed by atoms with van der Waals surface area (Å²) in [6.45, 7) is 1.46. The van der Waals surface area contributed by atoms with E-state index in [-0.39, 0.29) is 23.1 Å². The van der Waals surface area contributed by atoms with Crippen molar-refractivity contribution in [2.45, 2.75) is 25.8 Å². The molecule has 1 aliphatic rings. The van der Waals surface area contributed by atoms with E-state index in [2.05, 4.69) is 15.3 Å². The van der Waals surface area contributed by atoms with Crippen LogP contribution in [-0.4, -0.2) is 27.7 Å². The van der Waals surface area contributed by atoms with Crippen molar-refractivity contribution in [1.82, 2.24) is 15.3 Å². The second-order valence-corrected chi connectivity index (χ2v) is 6.45. The van der Waals surface area contributed by atoms with Crippen LogP contribution in [0.4, 0.5) is 8.78 Å². The Morgan fingerprint density at radius 1 is 1.27 bits per heavy atom. The number of aromatic amines is 1. The van der Waals surface area contributed by atoms with Crippen molar-refractivity contribution in [3.8, 4) is 0 Å². The van der Waals surface area contributed by atoms with Gasteiger partial charge in [-0.05, 0) is 37.5 Å². The van der Waals surface area contributed by atoms with E-state index in [1.165, 1.54) is 31.5 Å². The Kier molecular flexibility index (Phi) is 3.79. The normalized spacial score (nSPS) is 13.8. The van der Waals surface area contributed by atoms with E-state index in [0.717, 1.165) is 18.9 Å². The molecule has 4 rings (SSSR count). The van der Waals surface area contributed by atoms with E-state index in [9.17, 15) is 18.4 Å². The molecule has 1 saturated carbocycles. The van der Waals surface area contributed by atoms with Crippen molar-refractivity contribution in [2.75, 3.05) is 0 Å². The lowest BCUT2D eigenvalue weighted by Crippen LogP contribution is -2.25. The van der Waals surface area contributed by atoms with E-state index in [1.54, 1.807) is 0 Å². The first-order valence-electron chi connectivity index (χ1n) is 8.23. The molecule has 2 aromatic heterocycles. The summed E-state index contributed by atoms with van der Waals surface area (Å²) in [7, 11) is 0. The third kappa shape index (κ3) is 2.75. The fourth-order valence-corrected chi connectivity index (χ4v) is 2.81. The molecule has 0 unspecified atom stereocenters. The number of nitrogens with zero attached hydrogens (tertiary/aromatic N) is 1. The number of ketones is 1. The minimum absolute atomic E-state index is 0.0666. The van der Waals surface area contributed by atoms with Gasteiger partial charge in [0.15, 0.2) is 0 Å². The SMILES string of the molecule is Cc1ccc(F)c(C(=O)c2c[nH]c3ncc(C(=O)NC4CC4)cc23)c1F. The second-order valence-electron chi connectivity index (χ2n) is 6.45. The summed E-state index contributed by atoms with van der Waals surface area (Å²) in [5.74, 6) is -2.89. The fraction of sp³-hybridized carbons (Fsp3) is 0.211.